The van der Waals surface area contributed by atoms with Gasteiger partial charge in [-0.25, -0.2) is 4.79 Å². The van der Waals surface area contributed by atoms with Crippen LogP contribution in [-0.4, -0.2) is 62.8 Å². The number of fused-ring (bicyclic) bond motifs is 1. The molecule has 2 aliphatic rings. The van der Waals surface area contributed by atoms with Crippen molar-refractivity contribution in [2.75, 3.05) is 50.1 Å². The van der Waals surface area contributed by atoms with E-state index >= 15 is 0 Å². The van der Waals surface area contributed by atoms with E-state index in [1.165, 1.54) is 5.56 Å². The Bertz CT molecular complexity index is 749. The summed E-state index contributed by atoms with van der Waals surface area (Å²) < 4.78 is 11.1. The van der Waals surface area contributed by atoms with Gasteiger partial charge in [-0.3, -0.25) is 4.79 Å². The first-order valence-electron chi connectivity index (χ1n) is 9.90. The van der Waals surface area contributed by atoms with Gasteiger partial charge >= 0.3 is 6.09 Å². The second-order valence-electron chi connectivity index (χ2n) is 8.41. The molecule has 7 heteroatoms. The van der Waals surface area contributed by atoms with Crippen molar-refractivity contribution < 1.29 is 19.1 Å². The molecule has 1 saturated heterocycles. The Kier molecular flexibility index (Phi) is 5.72. The van der Waals surface area contributed by atoms with Crippen LogP contribution in [0.5, 0.6) is 5.75 Å². The number of rotatable bonds is 2. The SMILES string of the molecule is COc1cc2c(cc1N1CCN(C(=O)OC(C)(C)C)CC1)CCCC(=O)N2C. The molecular formula is C21H31N3O4. The summed E-state index contributed by atoms with van der Waals surface area (Å²) >= 11 is 0. The van der Waals surface area contributed by atoms with Gasteiger partial charge in [-0.15, -0.1) is 0 Å². The maximum absolute atomic E-state index is 12.3. The quantitative estimate of drug-likeness (QED) is 0.778. The van der Waals surface area contributed by atoms with Crippen molar-refractivity contribution in [3.63, 3.8) is 0 Å². The monoisotopic (exact) mass is 389 g/mol. The number of amides is 2. The van der Waals surface area contributed by atoms with Gasteiger partial charge in [-0.2, -0.15) is 0 Å². The van der Waals surface area contributed by atoms with Gasteiger partial charge < -0.3 is 24.2 Å². The fourth-order valence-corrected chi connectivity index (χ4v) is 3.71. The summed E-state index contributed by atoms with van der Waals surface area (Å²) in [5.74, 6) is 0.894. The molecule has 0 atom stereocenters. The van der Waals surface area contributed by atoms with Crippen LogP contribution in [0, 0.1) is 0 Å². The molecule has 0 spiro atoms. The third kappa shape index (κ3) is 4.34. The first-order valence-corrected chi connectivity index (χ1v) is 9.90. The highest BCUT2D eigenvalue weighted by atomic mass is 16.6. The van der Waals surface area contributed by atoms with Crippen LogP contribution in [0.3, 0.4) is 0 Å². The fourth-order valence-electron chi connectivity index (χ4n) is 3.71. The molecule has 0 unspecified atom stereocenters. The van der Waals surface area contributed by atoms with Crippen LogP contribution < -0.4 is 14.5 Å². The lowest BCUT2D eigenvalue weighted by Crippen LogP contribution is -2.50. The van der Waals surface area contributed by atoms with Gasteiger partial charge in [0, 0.05) is 45.7 Å². The number of ether oxygens (including phenoxy) is 2. The van der Waals surface area contributed by atoms with E-state index in [0.717, 1.165) is 30.0 Å². The number of piperazine rings is 1. The number of carbonyl (C=O) groups excluding carboxylic acids is 2. The fraction of sp³-hybridized carbons (Fsp3) is 0.619. The van der Waals surface area contributed by atoms with Gasteiger partial charge in [0.1, 0.15) is 11.4 Å². The molecule has 0 aliphatic carbocycles. The lowest BCUT2D eigenvalue weighted by atomic mass is 10.0. The van der Waals surface area contributed by atoms with Crippen molar-refractivity contribution in [3.8, 4) is 5.75 Å². The highest BCUT2D eigenvalue weighted by Crippen LogP contribution is 2.38. The van der Waals surface area contributed by atoms with Crippen LogP contribution >= 0.6 is 0 Å². The van der Waals surface area contributed by atoms with Gasteiger partial charge in [0.2, 0.25) is 5.91 Å². The van der Waals surface area contributed by atoms with Gasteiger partial charge in [0.15, 0.2) is 0 Å². The summed E-state index contributed by atoms with van der Waals surface area (Å²) in [5.41, 5.74) is 2.62. The Morgan fingerprint density at radius 2 is 1.71 bits per heavy atom. The lowest BCUT2D eigenvalue weighted by Gasteiger charge is -2.37. The number of nitrogens with zero attached hydrogens (tertiary/aromatic N) is 3. The minimum atomic E-state index is -0.488. The van der Waals surface area contributed by atoms with Crippen molar-refractivity contribution in [2.45, 2.75) is 45.6 Å². The van der Waals surface area contributed by atoms with Crippen LogP contribution in [0.4, 0.5) is 16.2 Å². The van der Waals surface area contributed by atoms with Gasteiger partial charge in [0.05, 0.1) is 18.5 Å². The molecule has 28 heavy (non-hydrogen) atoms. The normalized spacial score (nSPS) is 17.9. The van der Waals surface area contributed by atoms with Crippen LogP contribution in [0.25, 0.3) is 0 Å². The van der Waals surface area contributed by atoms with Gasteiger partial charge in [-0.1, -0.05) is 0 Å². The third-order valence-corrected chi connectivity index (χ3v) is 5.22. The summed E-state index contributed by atoms with van der Waals surface area (Å²) in [5, 5.41) is 0. The smallest absolute Gasteiger partial charge is 0.410 e. The van der Waals surface area contributed by atoms with Crippen LogP contribution in [0.2, 0.25) is 0 Å². The van der Waals surface area contributed by atoms with Crippen molar-refractivity contribution in [1.82, 2.24) is 4.90 Å². The summed E-state index contributed by atoms with van der Waals surface area (Å²) in [4.78, 5) is 30.2. The highest BCUT2D eigenvalue weighted by molar-refractivity contribution is 5.95. The number of aryl methyl sites for hydroxylation is 1. The minimum absolute atomic E-state index is 0.138. The Balaban J connectivity index is 1.77. The zero-order valence-electron chi connectivity index (χ0n) is 17.6. The van der Waals surface area contributed by atoms with E-state index in [1.807, 2.05) is 33.9 Å². The zero-order valence-corrected chi connectivity index (χ0v) is 17.6. The van der Waals surface area contributed by atoms with E-state index in [1.54, 1.807) is 16.9 Å². The summed E-state index contributed by atoms with van der Waals surface area (Å²) in [6, 6.07) is 4.11. The van der Waals surface area contributed by atoms with Crippen molar-refractivity contribution >= 4 is 23.4 Å². The lowest BCUT2D eigenvalue weighted by molar-refractivity contribution is -0.118. The molecule has 0 bridgehead atoms. The second kappa shape index (κ2) is 7.89. The Hall–Kier alpha value is -2.44. The van der Waals surface area contributed by atoms with Crippen molar-refractivity contribution in [3.05, 3.63) is 17.7 Å². The average Bonchev–Trinajstić information content (AvgIpc) is 2.78. The van der Waals surface area contributed by atoms with E-state index in [-0.39, 0.29) is 12.0 Å². The number of methoxy groups -OCH3 is 1. The van der Waals surface area contributed by atoms with E-state index < -0.39 is 5.60 Å². The standard InChI is InChI=1S/C21H31N3O4/c1-21(2,3)28-20(26)24-11-9-23(10-12-24)17-13-15-7-6-8-19(25)22(4)16(15)14-18(17)27-5/h13-14H,6-12H2,1-5H3. The van der Waals surface area contributed by atoms with Crippen LogP contribution in [0.1, 0.15) is 39.2 Å². The summed E-state index contributed by atoms with van der Waals surface area (Å²) in [7, 11) is 3.48. The van der Waals surface area contributed by atoms with Crippen LogP contribution in [-0.2, 0) is 16.0 Å². The Labute approximate surface area is 167 Å². The molecule has 1 aromatic rings. The molecule has 3 rings (SSSR count). The van der Waals surface area contributed by atoms with Crippen molar-refractivity contribution in [2.24, 2.45) is 0 Å². The zero-order chi connectivity index (χ0) is 20.5. The number of carbonyl (C=O) groups is 2. The number of hydrogen-bond donors (Lipinski definition) is 0. The topological polar surface area (TPSA) is 62.3 Å². The molecule has 0 saturated carbocycles. The first kappa shape index (κ1) is 20.3. The first-order chi connectivity index (χ1) is 13.2. The largest absolute Gasteiger partial charge is 0.495 e. The maximum atomic E-state index is 12.3. The molecule has 0 N–H and O–H groups in total. The number of hydrogen-bond acceptors (Lipinski definition) is 5. The van der Waals surface area contributed by atoms with Crippen LogP contribution in [0.15, 0.2) is 12.1 Å². The predicted octanol–water partition coefficient (Wildman–Crippen LogP) is 3.05. The summed E-state index contributed by atoms with van der Waals surface area (Å²) in [6.45, 7) is 8.27. The predicted molar refractivity (Wildman–Crippen MR) is 109 cm³/mol. The minimum Gasteiger partial charge on any atom is -0.495 e. The van der Waals surface area contributed by atoms with E-state index in [9.17, 15) is 9.59 Å². The van der Waals surface area contributed by atoms with Crippen molar-refractivity contribution in [1.29, 1.82) is 0 Å². The van der Waals surface area contributed by atoms with E-state index in [4.69, 9.17) is 9.47 Å². The molecule has 1 aromatic carbocycles. The molecule has 2 amide bonds. The number of benzene rings is 1. The molecule has 7 nitrogen and oxygen atoms in total. The van der Waals surface area contributed by atoms with Gasteiger partial charge in [-0.05, 0) is 45.2 Å². The Morgan fingerprint density at radius 3 is 2.32 bits per heavy atom. The van der Waals surface area contributed by atoms with E-state index in [0.29, 0.717) is 32.6 Å². The average molecular weight is 389 g/mol. The van der Waals surface area contributed by atoms with E-state index in [2.05, 4.69) is 11.0 Å². The molecule has 0 aromatic heterocycles. The number of anilines is 2. The maximum Gasteiger partial charge on any atom is 0.410 e. The Morgan fingerprint density at radius 1 is 1.04 bits per heavy atom. The molecule has 1 fully saturated rings. The molecule has 2 heterocycles. The second-order valence-corrected chi connectivity index (χ2v) is 8.41. The molecule has 2 aliphatic heterocycles. The molecular weight excluding hydrogens is 358 g/mol. The highest BCUT2D eigenvalue weighted by Gasteiger charge is 2.28. The summed E-state index contributed by atoms with van der Waals surface area (Å²) in [6.07, 6.45) is 2.03. The third-order valence-electron chi connectivity index (χ3n) is 5.22. The molecule has 154 valence electrons. The molecule has 0 radical (unpaired) electrons. The van der Waals surface area contributed by atoms with Gasteiger partial charge in [0.25, 0.3) is 0 Å².